The number of nitrogens with one attached hydrogen (secondary N) is 2. The summed E-state index contributed by atoms with van der Waals surface area (Å²) in [5.74, 6) is 0.303. The molecular weight excluding hydrogens is 458 g/mol. The van der Waals surface area contributed by atoms with Crippen LogP contribution in [0.2, 0.25) is 0 Å². The number of H-pyrrole nitrogens is 1. The Labute approximate surface area is 209 Å². The summed E-state index contributed by atoms with van der Waals surface area (Å²) in [6, 6.07) is 3.28. The van der Waals surface area contributed by atoms with Crippen molar-refractivity contribution in [3.8, 4) is 22.0 Å². The number of pyridine rings is 1. The first-order chi connectivity index (χ1) is 17.0. The SMILES string of the molecule is CCOC1CC(NC2CCc3nc(-c4n[nH]c(-c5cc(C)c6ncnn6c5)c4C(C)C)sc3C2)C1. The lowest BCUT2D eigenvalue weighted by atomic mass is 9.87. The summed E-state index contributed by atoms with van der Waals surface area (Å²) in [7, 11) is 0. The number of fused-ring (bicyclic) bond motifs is 2. The second-order valence-corrected chi connectivity index (χ2v) is 11.3. The highest BCUT2D eigenvalue weighted by Gasteiger charge is 2.33. The molecule has 184 valence electrons. The van der Waals surface area contributed by atoms with Crippen molar-refractivity contribution in [2.45, 2.75) is 83.9 Å². The zero-order valence-electron chi connectivity index (χ0n) is 20.8. The summed E-state index contributed by atoms with van der Waals surface area (Å²) in [6.45, 7) is 9.41. The van der Waals surface area contributed by atoms with E-state index in [2.05, 4.69) is 54.3 Å². The molecule has 1 saturated carbocycles. The van der Waals surface area contributed by atoms with Crippen molar-refractivity contribution in [3.63, 3.8) is 0 Å². The van der Waals surface area contributed by atoms with Crippen LogP contribution in [0.15, 0.2) is 18.6 Å². The largest absolute Gasteiger partial charge is 0.378 e. The van der Waals surface area contributed by atoms with Gasteiger partial charge in [0.05, 0.1) is 17.5 Å². The molecule has 6 rings (SSSR count). The Morgan fingerprint density at radius 3 is 2.94 bits per heavy atom. The van der Waals surface area contributed by atoms with E-state index < -0.39 is 0 Å². The maximum Gasteiger partial charge on any atom is 0.158 e. The second-order valence-electron chi connectivity index (χ2n) is 10.2. The van der Waals surface area contributed by atoms with Gasteiger partial charge in [0.15, 0.2) is 5.65 Å². The van der Waals surface area contributed by atoms with Gasteiger partial charge in [-0.1, -0.05) is 13.8 Å². The molecule has 2 aliphatic carbocycles. The molecule has 1 fully saturated rings. The lowest BCUT2D eigenvalue weighted by molar-refractivity contribution is -0.0127. The van der Waals surface area contributed by atoms with Crippen molar-refractivity contribution in [1.29, 1.82) is 0 Å². The monoisotopic (exact) mass is 491 g/mol. The highest BCUT2D eigenvalue weighted by atomic mass is 32.1. The van der Waals surface area contributed by atoms with Gasteiger partial charge in [0.25, 0.3) is 0 Å². The number of nitrogens with zero attached hydrogens (tertiary/aromatic N) is 5. The fourth-order valence-corrected chi connectivity index (χ4v) is 6.74. The third kappa shape index (κ3) is 4.19. The summed E-state index contributed by atoms with van der Waals surface area (Å²) in [6.07, 6.45) is 9.57. The molecule has 1 unspecified atom stereocenters. The van der Waals surface area contributed by atoms with Crippen molar-refractivity contribution < 1.29 is 4.74 Å². The van der Waals surface area contributed by atoms with E-state index in [1.54, 1.807) is 6.33 Å². The van der Waals surface area contributed by atoms with Gasteiger partial charge in [0.1, 0.15) is 17.0 Å². The molecule has 4 aromatic rings. The van der Waals surface area contributed by atoms with Crippen molar-refractivity contribution >= 4 is 17.0 Å². The number of aryl methyl sites for hydroxylation is 2. The van der Waals surface area contributed by atoms with Gasteiger partial charge in [-0.3, -0.25) is 5.10 Å². The Kier molecular flexibility index (Phi) is 5.94. The summed E-state index contributed by atoms with van der Waals surface area (Å²) >= 11 is 1.81. The minimum atomic E-state index is 0.303. The molecule has 0 saturated heterocycles. The summed E-state index contributed by atoms with van der Waals surface area (Å²) in [5.41, 5.74) is 7.52. The Bertz CT molecular complexity index is 1350. The van der Waals surface area contributed by atoms with Crippen LogP contribution in [0.5, 0.6) is 0 Å². The highest BCUT2D eigenvalue weighted by molar-refractivity contribution is 7.15. The van der Waals surface area contributed by atoms with Crippen LogP contribution in [0.3, 0.4) is 0 Å². The van der Waals surface area contributed by atoms with E-state index in [9.17, 15) is 0 Å². The molecule has 2 N–H and O–H groups in total. The number of hydrogen-bond donors (Lipinski definition) is 2. The van der Waals surface area contributed by atoms with Gasteiger partial charge in [0, 0.05) is 40.9 Å². The molecule has 4 aromatic heterocycles. The van der Waals surface area contributed by atoms with Gasteiger partial charge in [-0.25, -0.2) is 14.5 Å². The molecule has 0 radical (unpaired) electrons. The topological polar surface area (TPSA) is 93.0 Å². The number of hydrogen-bond acceptors (Lipinski definition) is 7. The predicted molar refractivity (Wildman–Crippen MR) is 138 cm³/mol. The molecule has 0 spiro atoms. The van der Waals surface area contributed by atoms with Crippen molar-refractivity contribution in [2.75, 3.05) is 6.61 Å². The third-order valence-electron chi connectivity index (χ3n) is 7.34. The normalized spacial score (nSPS) is 22.0. The number of aromatic nitrogens is 6. The average molecular weight is 492 g/mol. The van der Waals surface area contributed by atoms with Crippen LogP contribution in [0.25, 0.3) is 27.6 Å². The first-order valence-electron chi connectivity index (χ1n) is 12.7. The standard InChI is InChI=1S/C26H33N7OS/c1-5-34-19-9-18(10-19)29-17-6-7-20-21(11-17)35-26(30-20)24-22(14(2)3)23(31-32-24)16-8-15(4)25-27-13-28-33(25)12-16/h8,12-14,17-19,29H,5-7,9-11H2,1-4H3,(H,31,32). The van der Waals surface area contributed by atoms with Gasteiger partial charge in [0.2, 0.25) is 0 Å². The van der Waals surface area contributed by atoms with Crippen molar-refractivity contribution in [2.24, 2.45) is 0 Å². The lowest BCUT2D eigenvalue weighted by Crippen LogP contribution is -2.50. The molecule has 4 heterocycles. The van der Waals surface area contributed by atoms with Gasteiger partial charge in [-0.15, -0.1) is 11.3 Å². The molecule has 0 aliphatic heterocycles. The predicted octanol–water partition coefficient (Wildman–Crippen LogP) is 4.69. The molecule has 1 atom stereocenters. The second kappa shape index (κ2) is 9.11. The van der Waals surface area contributed by atoms with Crippen LogP contribution in [0.4, 0.5) is 0 Å². The Morgan fingerprint density at radius 1 is 1.29 bits per heavy atom. The van der Waals surface area contributed by atoms with Crippen LogP contribution >= 0.6 is 11.3 Å². The zero-order chi connectivity index (χ0) is 24.1. The van der Waals surface area contributed by atoms with Gasteiger partial charge >= 0.3 is 0 Å². The van der Waals surface area contributed by atoms with Crippen molar-refractivity contribution in [3.05, 3.63) is 40.3 Å². The molecule has 8 nitrogen and oxygen atoms in total. The number of aromatic amines is 1. The van der Waals surface area contributed by atoms with E-state index in [-0.39, 0.29) is 0 Å². The van der Waals surface area contributed by atoms with E-state index in [0.717, 1.165) is 71.9 Å². The molecule has 35 heavy (non-hydrogen) atoms. The van der Waals surface area contributed by atoms with E-state index >= 15 is 0 Å². The minimum absolute atomic E-state index is 0.303. The first-order valence-corrected chi connectivity index (χ1v) is 13.6. The Hall–Kier alpha value is -2.62. The Morgan fingerprint density at radius 2 is 2.14 bits per heavy atom. The third-order valence-corrected chi connectivity index (χ3v) is 8.47. The highest BCUT2D eigenvalue weighted by Crippen LogP contribution is 2.40. The van der Waals surface area contributed by atoms with Crippen LogP contribution in [0.1, 0.15) is 67.6 Å². The molecule has 0 amide bonds. The first kappa shape index (κ1) is 22.8. The number of rotatable bonds is 7. The van der Waals surface area contributed by atoms with E-state index in [4.69, 9.17) is 14.8 Å². The maximum atomic E-state index is 5.73. The Balaban J connectivity index is 1.25. The van der Waals surface area contributed by atoms with Gasteiger partial charge < -0.3 is 10.1 Å². The minimum Gasteiger partial charge on any atom is -0.378 e. The van der Waals surface area contributed by atoms with Crippen LogP contribution in [-0.4, -0.2) is 54.6 Å². The average Bonchev–Trinajstić information content (AvgIpc) is 3.54. The van der Waals surface area contributed by atoms with Crippen LogP contribution in [0, 0.1) is 6.92 Å². The molecule has 0 aromatic carbocycles. The van der Waals surface area contributed by atoms with Crippen molar-refractivity contribution in [1.82, 2.24) is 35.1 Å². The number of thiazole rings is 1. The molecule has 0 bridgehead atoms. The van der Waals surface area contributed by atoms with E-state index in [0.29, 0.717) is 24.1 Å². The summed E-state index contributed by atoms with van der Waals surface area (Å²) < 4.78 is 7.56. The number of ether oxygens (including phenoxy) is 1. The summed E-state index contributed by atoms with van der Waals surface area (Å²) in [5, 5.41) is 17.4. The quantitative estimate of drug-likeness (QED) is 0.390. The molecule has 2 aliphatic rings. The summed E-state index contributed by atoms with van der Waals surface area (Å²) in [4.78, 5) is 10.8. The fraction of sp³-hybridized carbons (Fsp3) is 0.538. The molecule has 9 heteroatoms. The van der Waals surface area contributed by atoms with Gasteiger partial charge in [-0.2, -0.15) is 10.2 Å². The van der Waals surface area contributed by atoms with E-state index in [1.165, 1.54) is 16.1 Å². The smallest absolute Gasteiger partial charge is 0.158 e. The maximum absolute atomic E-state index is 5.73. The lowest BCUT2D eigenvalue weighted by Gasteiger charge is -2.38. The van der Waals surface area contributed by atoms with E-state index in [1.807, 2.05) is 22.0 Å². The van der Waals surface area contributed by atoms with Crippen LogP contribution in [-0.2, 0) is 17.6 Å². The fourth-order valence-electron chi connectivity index (χ4n) is 5.55. The van der Waals surface area contributed by atoms with Gasteiger partial charge in [-0.05, 0) is 63.5 Å². The van der Waals surface area contributed by atoms with Crippen LogP contribution < -0.4 is 5.32 Å². The zero-order valence-corrected chi connectivity index (χ0v) is 21.7. The molecular formula is C26H33N7OS.